The molecule has 1 aromatic rings. The summed E-state index contributed by atoms with van der Waals surface area (Å²) in [5.74, 6) is -0.659. The topological polar surface area (TPSA) is 64.7 Å². The number of halogens is 1. The molecule has 2 aliphatic rings. The van der Waals surface area contributed by atoms with Crippen LogP contribution in [-0.4, -0.2) is 5.78 Å². The van der Waals surface area contributed by atoms with Crippen LogP contribution in [0.5, 0.6) is 0 Å². The number of rotatable bonds is 2. The molecular weight excluding hydrogens is 315 g/mol. The Labute approximate surface area is 148 Å². The standard InChI is InChI=1S/C21H23FN2O/c1-19(2,3)15-8-10-20(11-9-15)18(21(20,12-23)13-24)17(25)14-4-6-16(22)7-5-14/h4-7,15,18H,8-11H2,1-3H3. The van der Waals surface area contributed by atoms with Crippen molar-refractivity contribution in [3.8, 4) is 12.1 Å². The minimum atomic E-state index is -1.23. The van der Waals surface area contributed by atoms with Crippen molar-refractivity contribution in [3.63, 3.8) is 0 Å². The highest BCUT2D eigenvalue weighted by Crippen LogP contribution is 2.76. The summed E-state index contributed by atoms with van der Waals surface area (Å²) >= 11 is 0. The third-order valence-electron chi connectivity index (χ3n) is 6.53. The maximum atomic E-state index is 13.1. The number of hydrogen-bond acceptors (Lipinski definition) is 3. The molecule has 25 heavy (non-hydrogen) atoms. The number of ketones is 1. The molecule has 1 aromatic carbocycles. The third kappa shape index (κ3) is 2.47. The molecule has 3 rings (SSSR count). The molecule has 0 saturated heterocycles. The fourth-order valence-corrected chi connectivity index (χ4v) is 4.88. The minimum Gasteiger partial charge on any atom is -0.294 e. The number of carbonyl (C=O) groups is 1. The zero-order valence-electron chi connectivity index (χ0n) is 15.0. The molecule has 0 bridgehead atoms. The molecule has 0 aliphatic heterocycles. The average molecular weight is 338 g/mol. The second-order valence-electron chi connectivity index (χ2n) is 8.63. The number of nitrogens with zero attached hydrogens (tertiary/aromatic N) is 2. The smallest absolute Gasteiger partial charge is 0.169 e. The quantitative estimate of drug-likeness (QED) is 0.721. The maximum absolute atomic E-state index is 13.1. The van der Waals surface area contributed by atoms with Gasteiger partial charge in [-0.25, -0.2) is 4.39 Å². The van der Waals surface area contributed by atoms with Crippen LogP contribution in [0.25, 0.3) is 0 Å². The van der Waals surface area contributed by atoms with Gasteiger partial charge in [-0.3, -0.25) is 4.79 Å². The highest BCUT2D eigenvalue weighted by molar-refractivity contribution is 6.02. The van der Waals surface area contributed by atoms with E-state index in [-0.39, 0.29) is 11.2 Å². The lowest BCUT2D eigenvalue weighted by molar-refractivity contribution is 0.0905. The second-order valence-corrected chi connectivity index (χ2v) is 8.63. The van der Waals surface area contributed by atoms with Crippen LogP contribution in [0, 0.1) is 56.6 Å². The maximum Gasteiger partial charge on any atom is 0.169 e. The first-order valence-corrected chi connectivity index (χ1v) is 8.84. The van der Waals surface area contributed by atoms with Gasteiger partial charge < -0.3 is 0 Å². The van der Waals surface area contributed by atoms with Crippen molar-refractivity contribution >= 4 is 5.78 Å². The summed E-state index contributed by atoms with van der Waals surface area (Å²) in [6, 6.07) is 9.74. The summed E-state index contributed by atoms with van der Waals surface area (Å²) in [4.78, 5) is 13.0. The average Bonchev–Trinajstić information content (AvgIpc) is 3.15. The lowest BCUT2D eigenvalue weighted by Crippen LogP contribution is -2.29. The largest absolute Gasteiger partial charge is 0.294 e. The third-order valence-corrected chi connectivity index (χ3v) is 6.53. The second kappa shape index (κ2) is 5.67. The van der Waals surface area contributed by atoms with Crippen LogP contribution in [0.15, 0.2) is 24.3 Å². The van der Waals surface area contributed by atoms with Crippen molar-refractivity contribution in [3.05, 3.63) is 35.6 Å². The van der Waals surface area contributed by atoms with E-state index in [1.807, 2.05) is 0 Å². The molecule has 4 heteroatoms. The van der Waals surface area contributed by atoms with Crippen molar-refractivity contribution in [2.24, 2.45) is 28.1 Å². The van der Waals surface area contributed by atoms with Crippen LogP contribution in [0.1, 0.15) is 56.8 Å². The van der Waals surface area contributed by atoms with Crippen LogP contribution < -0.4 is 0 Å². The predicted octanol–water partition coefficient (Wildman–Crippen LogP) is 4.89. The molecule has 1 unspecified atom stereocenters. The van der Waals surface area contributed by atoms with Gasteiger partial charge in [0.2, 0.25) is 0 Å². The lowest BCUT2D eigenvalue weighted by atomic mass is 9.67. The van der Waals surface area contributed by atoms with Gasteiger partial charge in [-0.1, -0.05) is 20.8 Å². The van der Waals surface area contributed by atoms with Gasteiger partial charge in [0.25, 0.3) is 0 Å². The highest BCUT2D eigenvalue weighted by Gasteiger charge is 2.80. The van der Waals surface area contributed by atoms with Gasteiger partial charge in [0.15, 0.2) is 11.2 Å². The lowest BCUT2D eigenvalue weighted by Gasteiger charge is -2.38. The number of carbonyl (C=O) groups excluding carboxylic acids is 1. The van der Waals surface area contributed by atoms with Crippen LogP contribution >= 0.6 is 0 Å². The molecule has 2 saturated carbocycles. The van der Waals surface area contributed by atoms with Gasteiger partial charge in [0.05, 0.1) is 18.1 Å². The fraction of sp³-hybridized carbons (Fsp3) is 0.571. The van der Waals surface area contributed by atoms with Gasteiger partial charge in [0, 0.05) is 11.0 Å². The van der Waals surface area contributed by atoms with Gasteiger partial charge in [-0.2, -0.15) is 10.5 Å². The van der Waals surface area contributed by atoms with E-state index in [9.17, 15) is 19.7 Å². The Balaban J connectivity index is 1.90. The molecule has 0 N–H and O–H groups in total. The summed E-state index contributed by atoms with van der Waals surface area (Å²) < 4.78 is 13.1. The zero-order valence-corrected chi connectivity index (χ0v) is 15.0. The molecule has 0 amide bonds. The monoisotopic (exact) mass is 338 g/mol. The Hall–Kier alpha value is -2.20. The summed E-state index contributed by atoms with van der Waals surface area (Å²) in [6.45, 7) is 6.64. The Morgan fingerprint density at radius 3 is 2.08 bits per heavy atom. The summed E-state index contributed by atoms with van der Waals surface area (Å²) in [6.07, 6.45) is 3.32. The molecule has 3 nitrogen and oxygen atoms in total. The normalized spacial score (nSPS) is 30.3. The van der Waals surface area contributed by atoms with E-state index >= 15 is 0 Å². The molecule has 130 valence electrons. The summed E-state index contributed by atoms with van der Waals surface area (Å²) in [5.41, 5.74) is -1.20. The number of nitriles is 2. The van der Waals surface area contributed by atoms with E-state index in [2.05, 4.69) is 32.9 Å². The van der Waals surface area contributed by atoms with Gasteiger partial charge in [0.1, 0.15) is 5.82 Å². The Kier molecular flexibility index (Phi) is 3.99. The summed E-state index contributed by atoms with van der Waals surface area (Å²) in [7, 11) is 0. The minimum absolute atomic E-state index is 0.189. The van der Waals surface area contributed by atoms with Crippen molar-refractivity contribution in [2.45, 2.75) is 46.5 Å². The van der Waals surface area contributed by atoms with E-state index < -0.39 is 22.6 Å². The Morgan fingerprint density at radius 1 is 1.12 bits per heavy atom. The molecule has 0 radical (unpaired) electrons. The first-order valence-electron chi connectivity index (χ1n) is 8.84. The van der Waals surface area contributed by atoms with Gasteiger partial charge in [-0.15, -0.1) is 0 Å². The van der Waals surface area contributed by atoms with E-state index in [1.54, 1.807) is 0 Å². The number of hydrogen-bond donors (Lipinski definition) is 0. The zero-order chi connectivity index (χ0) is 18.5. The van der Waals surface area contributed by atoms with E-state index in [0.29, 0.717) is 11.5 Å². The fourth-order valence-electron chi connectivity index (χ4n) is 4.88. The molecule has 0 aromatic heterocycles. The van der Waals surface area contributed by atoms with Crippen LogP contribution in [0.3, 0.4) is 0 Å². The summed E-state index contributed by atoms with van der Waals surface area (Å²) in [5, 5.41) is 19.5. The van der Waals surface area contributed by atoms with Crippen LogP contribution in [-0.2, 0) is 0 Å². The van der Waals surface area contributed by atoms with E-state index in [0.717, 1.165) is 25.7 Å². The van der Waals surface area contributed by atoms with E-state index in [1.165, 1.54) is 24.3 Å². The molecular formula is C21H23FN2O. The molecule has 2 fully saturated rings. The van der Waals surface area contributed by atoms with Gasteiger partial charge in [-0.05, 0) is 61.3 Å². The molecule has 1 atom stereocenters. The van der Waals surface area contributed by atoms with Crippen molar-refractivity contribution in [1.29, 1.82) is 10.5 Å². The van der Waals surface area contributed by atoms with Crippen molar-refractivity contribution in [1.82, 2.24) is 0 Å². The number of benzene rings is 1. The first kappa shape index (κ1) is 17.6. The van der Waals surface area contributed by atoms with E-state index in [4.69, 9.17) is 0 Å². The van der Waals surface area contributed by atoms with Gasteiger partial charge >= 0.3 is 0 Å². The number of Topliss-reactive ketones (excluding diaryl/α,β-unsaturated/α-hetero) is 1. The van der Waals surface area contributed by atoms with Crippen LogP contribution in [0.2, 0.25) is 0 Å². The van der Waals surface area contributed by atoms with Crippen LogP contribution in [0.4, 0.5) is 4.39 Å². The predicted molar refractivity (Wildman–Crippen MR) is 91.7 cm³/mol. The molecule has 1 spiro atoms. The Bertz CT molecular complexity index is 754. The highest BCUT2D eigenvalue weighted by atomic mass is 19.1. The van der Waals surface area contributed by atoms with Crippen molar-refractivity contribution in [2.75, 3.05) is 0 Å². The Morgan fingerprint density at radius 2 is 1.64 bits per heavy atom. The SMILES string of the molecule is CC(C)(C)C1CCC2(CC1)C(C(=O)c1ccc(F)cc1)C2(C#N)C#N. The molecule has 0 heterocycles. The molecule has 2 aliphatic carbocycles. The van der Waals surface area contributed by atoms with Crippen molar-refractivity contribution < 1.29 is 9.18 Å². The first-order chi connectivity index (χ1) is 11.7.